The van der Waals surface area contributed by atoms with Crippen LogP contribution in [-0.4, -0.2) is 12.0 Å². The molecule has 50 valence electrons. The minimum atomic E-state index is -4.55. The van der Waals surface area contributed by atoms with Gasteiger partial charge in [0.05, 0.1) is 0 Å². The van der Waals surface area contributed by atoms with Gasteiger partial charge in [-0.05, 0) is 0 Å². The maximum absolute atomic E-state index is 11.1. The molecule has 0 fully saturated rings. The Kier molecular flexibility index (Phi) is 2.20. The third-order valence-electron chi connectivity index (χ3n) is 0.486. The summed E-state index contributed by atoms with van der Waals surface area (Å²) in [6.45, 7) is 0. The summed E-state index contributed by atoms with van der Waals surface area (Å²) in [6, 6.07) is 0.863. The molecule has 0 aliphatic rings. The van der Waals surface area contributed by atoms with Crippen molar-refractivity contribution >= 4 is 5.78 Å². The van der Waals surface area contributed by atoms with E-state index in [0.717, 1.165) is 6.07 Å². The zero-order valence-corrected chi connectivity index (χ0v) is 4.20. The standard InChI is InChI=1S/C4H2F3NO/c5-4(6,7)1-3(9)2-8/h1H2. The van der Waals surface area contributed by atoms with Gasteiger partial charge in [0.15, 0.2) is 0 Å². The highest BCUT2D eigenvalue weighted by Gasteiger charge is 2.30. The highest BCUT2D eigenvalue weighted by atomic mass is 19.4. The van der Waals surface area contributed by atoms with E-state index < -0.39 is 18.4 Å². The first-order valence-corrected chi connectivity index (χ1v) is 1.95. The lowest BCUT2D eigenvalue weighted by molar-refractivity contribution is -0.148. The first-order chi connectivity index (χ1) is 3.95. The number of carbonyl (C=O) groups excluding carboxylic acids is 1. The molecule has 5 heteroatoms. The fraction of sp³-hybridized carbons (Fsp3) is 0.500. The number of hydrogen-bond donors (Lipinski definition) is 0. The van der Waals surface area contributed by atoms with Crippen molar-refractivity contribution in [3.8, 4) is 6.07 Å². The van der Waals surface area contributed by atoms with Crippen molar-refractivity contribution in [1.82, 2.24) is 0 Å². The molecule has 0 saturated carbocycles. The quantitative estimate of drug-likeness (QED) is 0.506. The number of carbonyl (C=O) groups is 1. The van der Waals surface area contributed by atoms with Gasteiger partial charge in [-0.1, -0.05) is 0 Å². The van der Waals surface area contributed by atoms with Crippen LogP contribution in [0.15, 0.2) is 0 Å². The molecule has 0 amide bonds. The van der Waals surface area contributed by atoms with Gasteiger partial charge in [0.1, 0.15) is 12.5 Å². The first-order valence-electron chi connectivity index (χ1n) is 1.95. The average Bonchev–Trinajstić information content (AvgIpc) is 1.62. The van der Waals surface area contributed by atoms with E-state index in [0.29, 0.717) is 0 Å². The second-order valence-electron chi connectivity index (χ2n) is 1.33. The van der Waals surface area contributed by atoms with Crippen molar-refractivity contribution in [1.29, 1.82) is 5.26 Å². The topological polar surface area (TPSA) is 40.9 Å². The summed E-state index contributed by atoms with van der Waals surface area (Å²) in [4.78, 5) is 9.75. The van der Waals surface area contributed by atoms with Crippen molar-refractivity contribution < 1.29 is 18.0 Å². The van der Waals surface area contributed by atoms with Gasteiger partial charge < -0.3 is 0 Å². The first kappa shape index (κ1) is 7.95. The van der Waals surface area contributed by atoms with Crippen LogP contribution in [0.1, 0.15) is 6.42 Å². The van der Waals surface area contributed by atoms with Gasteiger partial charge in [-0.3, -0.25) is 4.79 Å². The molecule has 0 N–H and O–H groups in total. The van der Waals surface area contributed by atoms with Gasteiger partial charge in [0, 0.05) is 0 Å². The van der Waals surface area contributed by atoms with E-state index in [4.69, 9.17) is 5.26 Å². The van der Waals surface area contributed by atoms with E-state index in [-0.39, 0.29) is 0 Å². The second kappa shape index (κ2) is 2.49. The van der Waals surface area contributed by atoms with Crippen molar-refractivity contribution in [2.75, 3.05) is 0 Å². The van der Waals surface area contributed by atoms with Crippen LogP contribution in [0.5, 0.6) is 0 Å². The lowest BCUT2D eigenvalue weighted by Crippen LogP contribution is -2.12. The summed E-state index contributed by atoms with van der Waals surface area (Å²) >= 11 is 0. The predicted octanol–water partition coefficient (Wildman–Crippen LogP) is 1.03. The normalized spacial score (nSPS) is 10.4. The molecule has 0 heterocycles. The Morgan fingerprint density at radius 1 is 1.56 bits per heavy atom. The maximum Gasteiger partial charge on any atom is 0.396 e. The number of halogens is 3. The Morgan fingerprint density at radius 3 is 2.11 bits per heavy atom. The Balaban J connectivity index is 3.78. The van der Waals surface area contributed by atoms with Crippen molar-refractivity contribution in [3.05, 3.63) is 0 Å². The van der Waals surface area contributed by atoms with E-state index in [1.54, 1.807) is 0 Å². The van der Waals surface area contributed by atoms with Crippen LogP contribution in [0.25, 0.3) is 0 Å². The van der Waals surface area contributed by atoms with E-state index in [1.165, 1.54) is 0 Å². The zero-order valence-electron chi connectivity index (χ0n) is 4.20. The van der Waals surface area contributed by atoms with Gasteiger partial charge in [0.2, 0.25) is 5.78 Å². The van der Waals surface area contributed by atoms with Gasteiger partial charge >= 0.3 is 6.18 Å². The number of Topliss-reactive ketones (excluding diaryl/α,β-unsaturated/α-hetero) is 1. The molecule has 0 radical (unpaired) electrons. The molecule has 0 saturated heterocycles. The summed E-state index contributed by atoms with van der Waals surface area (Å²) in [5.74, 6) is -1.46. The summed E-state index contributed by atoms with van der Waals surface area (Å²) in [5.41, 5.74) is 0. The van der Waals surface area contributed by atoms with Crippen LogP contribution in [-0.2, 0) is 4.79 Å². The van der Waals surface area contributed by atoms with E-state index in [1.807, 2.05) is 0 Å². The predicted molar refractivity (Wildman–Crippen MR) is 21.3 cm³/mol. The fourth-order valence-corrected chi connectivity index (χ4v) is 0.222. The van der Waals surface area contributed by atoms with Gasteiger partial charge in [-0.25, -0.2) is 0 Å². The van der Waals surface area contributed by atoms with E-state index >= 15 is 0 Å². The SMILES string of the molecule is N#CC(=O)CC(F)(F)F. The average molecular weight is 137 g/mol. The molecule has 0 aliphatic heterocycles. The summed E-state index contributed by atoms with van der Waals surface area (Å²) < 4.78 is 33.4. The third kappa shape index (κ3) is 4.81. The summed E-state index contributed by atoms with van der Waals surface area (Å²) in [6.07, 6.45) is -6.20. The van der Waals surface area contributed by atoms with E-state index in [9.17, 15) is 18.0 Å². The fourth-order valence-electron chi connectivity index (χ4n) is 0.222. The van der Waals surface area contributed by atoms with Crippen LogP contribution in [0.3, 0.4) is 0 Å². The van der Waals surface area contributed by atoms with Crippen molar-refractivity contribution in [2.45, 2.75) is 12.6 Å². The van der Waals surface area contributed by atoms with Crippen LogP contribution < -0.4 is 0 Å². The molecule has 0 aromatic rings. The van der Waals surface area contributed by atoms with Crippen LogP contribution in [0.2, 0.25) is 0 Å². The Hall–Kier alpha value is -1.05. The van der Waals surface area contributed by atoms with Crippen molar-refractivity contribution in [3.63, 3.8) is 0 Å². The lowest BCUT2D eigenvalue weighted by atomic mass is 10.3. The third-order valence-corrected chi connectivity index (χ3v) is 0.486. The Morgan fingerprint density at radius 2 is 2.00 bits per heavy atom. The maximum atomic E-state index is 11.1. The molecule has 0 aliphatic carbocycles. The largest absolute Gasteiger partial charge is 0.396 e. The smallest absolute Gasteiger partial charge is 0.282 e. The summed E-state index contributed by atoms with van der Waals surface area (Å²) in [5, 5.41) is 7.60. The number of hydrogen-bond acceptors (Lipinski definition) is 2. The molecule has 9 heavy (non-hydrogen) atoms. The van der Waals surface area contributed by atoms with E-state index in [2.05, 4.69) is 0 Å². The molecule has 0 rings (SSSR count). The van der Waals surface area contributed by atoms with Gasteiger partial charge in [-0.2, -0.15) is 18.4 Å². The Bertz CT molecular complexity index is 154. The second-order valence-corrected chi connectivity index (χ2v) is 1.33. The van der Waals surface area contributed by atoms with Gasteiger partial charge in [-0.15, -0.1) is 0 Å². The van der Waals surface area contributed by atoms with Gasteiger partial charge in [0.25, 0.3) is 0 Å². The van der Waals surface area contributed by atoms with Crippen LogP contribution in [0.4, 0.5) is 13.2 Å². The molecule has 0 aromatic heterocycles. The molecular formula is C4H2F3NO. The molecular weight excluding hydrogens is 135 g/mol. The van der Waals surface area contributed by atoms with Crippen LogP contribution >= 0.6 is 0 Å². The minimum Gasteiger partial charge on any atom is -0.282 e. The molecule has 0 atom stereocenters. The van der Waals surface area contributed by atoms with Crippen molar-refractivity contribution in [2.24, 2.45) is 0 Å². The number of nitrogens with zero attached hydrogens (tertiary/aromatic N) is 1. The number of nitriles is 1. The summed E-state index contributed by atoms with van der Waals surface area (Å²) in [7, 11) is 0. The molecule has 0 bridgehead atoms. The molecule has 0 spiro atoms. The monoisotopic (exact) mass is 137 g/mol. The molecule has 0 aromatic carbocycles. The number of rotatable bonds is 1. The highest BCUT2D eigenvalue weighted by molar-refractivity contribution is 5.93. The lowest BCUT2D eigenvalue weighted by Gasteiger charge is -1.98. The minimum absolute atomic E-state index is 0.863. The number of alkyl halides is 3. The van der Waals surface area contributed by atoms with Crippen LogP contribution in [0, 0.1) is 11.3 Å². The number of ketones is 1. The molecule has 0 unspecified atom stereocenters. The molecule has 2 nitrogen and oxygen atoms in total. The Labute approximate surface area is 48.9 Å². The zero-order chi connectivity index (χ0) is 7.49. The highest BCUT2D eigenvalue weighted by Crippen LogP contribution is 2.18.